The number of amides is 1. The first-order valence-electron chi connectivity index (χ1n) is 9.86. The highest BCUT2D eigenvalue weighted by Gasteiger charge is 2.33. The van der Waals surface area contributed by atoms with Crippen molar-refractivity contribution in [3.63, 3.8) is 0 Å². The Labute approximate surface area is 181 Å². The molecule has 0 fully saturated rings. The van der Waals surface area contributed by atoms with Gasteiger partial charge in [0.2, 0.25) is 15.9 Å². The van der Waals surface area contributed by atoms with Crippen LogP contribution in [0, 0.1) is 0 Å². The van der Waals surface area contributed by atoms with E-state index in [1.54, 1.807) is 37.3 Å². The third kappa shape index (κ3) is 4.52. The molecule has 1 aromatic carbocycles. The van der Waals surface area contributed by atoms with Gasteiger partial charge < -0.3 is 10.1 Å². The van der Waals surface area contributed by atoms with Crippen molar-refractivity contribution in [2.45, 2.75) is 45.1 Å². The van der Waals surface area contributed by atoms with Gasteiger partial charge in [-0.05, 0) is 49.8 Å². The average Bonchev–Trinajstić information content (AvgIpc) is 3.08. The number of ether oxygens (including phenoxy) is 1. The van der Waals surface area contributed by atoms with Crippen LogP contribution in [0.5, 0.6) is 0 Å². The molecule has 0 saturated heterocycles. The number of aryl methyl sites for hydroxylation is 1. The van der Waals surface area contributed by atoms with Crippen LogP contribution in [0.3, 0.4) is 0 Å². The van der Waals surface area contributed by atoms with Crippen molar-refractivity contribution in [1.29, 1.82) is 0 Å². The number of sulfonamides is 1. The van der Waals surface area contributed by atoms with E-state index in [1.165, 1.54) is 18.4 Å². The first-order valence-corrected chi connectivity index (χ1v) is 12.5. The number of anilines is 2. The summed E-state index contributed by atoms with van der Waals surface area (Å²) in [6.45, 7) is 1.76. The van der Waals surface area contributed by atoms with Gasteiger partial charge in [-0.3, -0.25) is 9.10 Å². The molecule has 0 bridgehead atoms. The summed E-state index contributed by atoms with van der Waals surface area (Å²) in [4.78, 5) is 26.7. The molecule has 1 aliphatic rings. The number of nitrogens with one attached hydrogen (secondary N) is 1. The maximum Gasteiger partial charge on any atom is 0.341 e. The van der Waals surface area contributed by atoms with E-state index in [9.17, 15) is 18.0 Å². The van der Waals surface area contributed by atoms with Crippen LogP contribution in [-0.2, 0) is 32.4 Å². The Kier molecular flexibility index (Phi) is 6.82. The van der Waals surface area contributed by atoms with Crippen LogP contribution in [-0.4, -0.2) is 39.7 Å². The molecule has 162 valence electrons. The van der Waals surface area contributed by atoms with Crippen LogP contribution >= 0.6 is 11.3 Å². The minimum absolute atomic E-state index is 0.270. The van der Waals surface area contributed by atoms with E-state index in [2.05, 4.69) is 5.32 Å². The zero-order valence-electron chi connectivity index (χ0n) is 17.3. The van der Waals surface area contributed by atoms with Gasteiger partial charge in [-0.25, -0.2) is 13.2 Å². The van der Waals surface area contributed by atoms with Gasteiger partial charge in [-0.2, -0.15) is 0 Å². The van der Waals surface area contributed by atoms with Crippen LogP contribution < -0.4 is 9.62 Å². The second-order valence-corrected chi connectivity index (χ2v) is 10.2. The molecule has 1 amide bonds. The Hall–Kier alpha value is -2.39. The van der Waals surface area contributed by atoms with Crippen molar-refractivity contribution in [2.24, 2.45) is 0 Å². The lowest BCUT2D eigenvalue weighted by atomic mass is 9.95. The molecule has 1 heterocycles. The predicted molar refractivity (Wildman–Crippen MR) is 119 cm³/mol. The highest BCUT2D eigenvalue weighted by Crippen LogP contribution is 2.39. The Morgan fingerprint density at radius 1 is 1.20 bits per heavy atom. The van der Waals surface area contributed by atoms with Gasteiger partial charge in [0, 0.05) is 4.88 Å². The largest absolute Gasteiger partial charge is 0.465 e. The number of para-hydroxylation sites is 1. The summed E-state index contributed by atoms with van der Waals surface area (Å²) < 4.78 is 31.2. The van der Waals surface area contributed by atoms with Crippen LogP contribution in [0.1, 0.15) is 47.0 Å². The number of esters is 1. The minimum atomic E-state index is -3.72. The van der Waals surface area contributed by atoms with Crippen molar-refractivity contribution >= 4 is 43.9 Å². The van der Waals surface area contributed by atoms with E-state index in [0.29, 0.717) is 16.3 Å². The van der Waals surface area contributed by atoms with E-state index in [-0.39, 0.29) is 6.42 Å². The van der Waals surface area contributed by atoms with Crippen molar-refractivity contribution in [3.05, 3.63) is 46.3 Å². The fraction of sp³-hybridized carbons (Fsp3) is 0.429. The summed E-state index contributed by atoms with van der Waals surface area (Å²) in [7, 11) is -2.40. The van der Waals surface area contributed by atoms with Gasteiger partial charge in [0.15, 0.2) is 0 Å². The highest BCUT2D eigenvalue weighted by atomic mass is 32.2. The van der Waals surface area contributed by atoms with Crippen LogP contribution in [0.15, 0.2) is 30.3 Å². The maximum absolute atomic E-state index is 13.2. The third-order valence-electron chi connectivity index (χ3n) is 5.14. The first kappa shape index (κ1) is 22.3. The Balaban J connectivity index is 1.97. The molecule has 3 rings (SSSR count). The molecule has 1 aliphatic carbocycles. The van der Waals surface area contributed by atoms with Crippen molar-refractivity contribution < 1.29 is 22.7 Å². The minimum Gasteiger partial charge on any atom is -0.465 e. The van der Waals surface area contributed by atoms with E-state index in [4.69, 9.17) is 4.74 Å². The molecule has 0 saturated carbocycles. The summed E-state index contributed by atoms with van der Waals surface area (Å²) in [5, 5.41) is 3.26. The number of carbonyl (C=O) groups is 2. The van der Waals surface area contributed by atoms with E-state index < -0.39 is 27.9 Å². The quantitative estimate of drug-likeness (QED) is 0.651. The van der Waals surface area contributed by atoms with E-state index in [0.717, 1.165) is 46.7 Å². The number of nitrogens with zero attached hydrogens (tertiary/aromatic N) is 1. The van der Waals surface area contributed by atoms with Crippen LogP contribution in [0.4, 0.5) is 10.7 Å². The fourth-order valence-corrected chi connectivity index (χ4v) is 6.29. The molecule has 7 nitrogen and oxygen atoms in total. The fourth-order valence-electron chi connectivity index (χ4n) is 3.80. The predicted octanol–water partition coefficient (Wildman–Crippen LogP) is 3.60. The Morgan fingerprint density at radius 2 is 1.87 bits per heavy atom. The lowest BCUT2D eigenvalue weighted by Gasteiger charge is -2.30. The number of methoxy groups -OCH3 is 1. The standard InChI is InChI=1S/C21H26N2O5S2/c1-4-16(23(30(3,26)27)14-10-6-5-7-11-14)19(24)22-20-18(21(25)28-2)15-12-8-9-13-17(15)29-20/h5-7,10-11,16H,4,8-9,12-13H2,1-3H3,(H,22,24)/t16-/m1/s1. The molecule has 0 radical (unpaired) electrons. The number of hydrogen-bond acceptors (Lipinski definition) is 6. The van der Waals surface area contributed by atoms with E-state index in [1.807, 2.05) is 0 Å². The van der Waals surface area contributed by atoms with Gasteiger partial charge in [0.05, 0.1) is 24.6 Å². The Bertz CT molecular complexity index is 1030. The smallest absolute Gasteiger partial charge is 0.341 e. The second kappa shape index (κ2) is 9.18. The number of thiophene rings is 1. The van der Waals surface area contributed by atoms with Gasteiger partial charge in [-0.15, -0.1) is 11.3 Å². The molecule has 2 aromatic rings. The van der Waals surface area contributed by atoms with Crippen molar-refractivity contribution in [1.82, 2.24) is 0 Å². The molecule has 9 heteroatoms. The lowest BCUT2D eigenvalue weighted by Crippen LogP contribution is -2.47. The molecule has 0 unspecified atom stereocenters. The van der Waals surface area contributed by atoms with Crippen molar-refractivity contribution in [2.75, 3.05) is 23.0 Å². The summed E-state index contributed by atoms with van der Waals surface area (Å²) in [6, 6.07) is 7.58. The monoisotopic (exact) mass is 450 g/mol. The SMILES string of the molecule is CC[C@H](C(=O)Nc1sc2c(c1C(=O)OC)CCCC2)N(c1ccccc1)S(C)(=O)=O. The number of rotatable bonds is 7. The summed E-state index contributed by atoms with van der Waals surface area (Å²) in [5.74, 6) is -0.962. The molecule has 1 atom stereocenters. The zero-order valence-corrected chi connectivity index (χ0v) is 18.9. The number of fused-ring (bicyclic) bond motifs is 1. The maximum atomic E-state index is 13.2. The average molecular weight is 451 g/mol. The molecule has 1 N–H and O–H groups in total. The topological polar surface area (TPSA) is 92.8 Å². The van der Waals surface area contributed by atoms with Gasteiger partial charge in [0.1, 0.15) is 11.0 Å². The molecule has 0 spiro atoms. The van der Waals surface area contributed by atoms with Crippen molar-refractivity contribution in [3.8, 4) is 0 Å². The zero-order chi connectivity index (χ0) is 21.9. The number of carbonyl (C=O) groups excluding carboxylic acids is 2. The second-order valence-electron chi connectivity index (χ2n) is 7.21. The summed E-state index contributed by atoms with van der Waals surface area (Å²) in [5.41, 5.74) is 1.75. The van der Waals surface area contributed by atoms with Gasteiger partial charge >= 0.3 is 5.97 Å². The Morgan fingerprint density at radius 3 is 2.47 bits per heavy atom. The molecular formula is C21H26N2O5S2. The van der Waals surface area contributed by atoms with Crippen LogP contribution in [0.2, 0.25) is 0 Å². The van der Waals surface area contributed by atoms with Gasteiger partial charge in [-0.1, -0.05) is 25.1 Å². The van der Waals surface area contributed by atoms with Crippen LogP contribution in [0.25, 0.3) is 0 Å². The molecule has 0 aliphatic heterocycles. The lowest BCUT2D eigenvalue weighted by molar-refractivity contribution is -0.117. The van der Waals surface area contributed by atoms with E-state index >= 15 is 0 Å². The molecule has 30 heavy (non-hydrogen) atoms. The summed E-state index contributed by atoms with van der Waals surface area (Å²) >= 11 is 1.38. The molecular weight excluding hydrogens is 424 g/mol. The number of hydrogen-bond donors (Lipinski definition) is 1. The first-order chi connectivity index (χ1) is 14.3. The normalized spacial score (nSPS) is 14.5. The van der Waals surface area contributed by atoms with Gasteiger partial charge in [0.25, 0.3) is 0 Å². The third-order valence-corrected chi connectivity index (χ3v) is 7.53. The summed E-state index contributed by atoms with van der Waals surface area (Å²) in [6.07, 6.45) is 5.00. The highest BCUT2D eigenvalue weighted by molar-refractivity contribution is 7.92. The number of benzene rings is 1. The molecule has 1 aromatic heterocycles.